The highest BCUT2D eigenvalue weighted by Crippen LogP contribution is 2.28. The molecule has 1 aliphatic rings. The molecule has 0 radical (unpaired) electrons. The average Bonchev–Trinajstić information content (AvgIpc) is 2.46. The number of hydrogen-bond acceptors (Lipinski definition) is 4. The summed E-state index contributed by atoms with van der Waals surface area (Å²) in [6.07, 6.45) is -0.513. The van der Waals surface area contributed by atoms with Crippen molar-refractivity contribution >= 4 is 5.69 Å². The predicted molar refractivity (Wildman–Crippen MR) is 80.7 cm³/mol. The van der Waals surface area contributed by atoms with E-state index in [-0.39, 0.29) is 0 Å². The molecule has 1 N–H and O–H groups in total. The standard InChI is InChI=1S/C16H23N3O/c1-12(2)18-6-8-19(9-7-18)16-10-14(11-17)4-5-15(16)13(3)20/h4-5,10,12-13,20H,6-9H2,1-3H3/t13-/m0/s1. The van der Waals surface area contributed by atoms with Gasteiger partial charge in [-0.1, -0.05) is 6.07 Å². The molecule has 0 bridgehead atoms. The second-order valence-electron chi connectivity index (χ2n) is 5.68. The molecule has 4 heteroatoms. The lowest BCUT2D eigenvalue weighted by Gasteiger charge is -2.39. The second kappa shape index (κ2) is 6.25. The normalized spacial score (nSPS) is 18.1. The van der Waals surface area contributed by atoms with E-state index >= 15 is 0 Å². The lowest BCUT2D eigenvalue weighted by atomic mass is 10.0. The highest BCUT2D eigenvalue weighted by atomic mass is 16.3. The van der Waals surface area contributed by atoms with Crippen molar-refractivity contribution in [3.05, 3.63) is 29.3 Å². The van der Waals surface area contributed by atoms with E-state index in [2.05, 4.69) is 29.7 Å². The van der Waals surface area contributed by atoms with Crippen LogP contribution in [0, 0.1) is 11.3 Å². The number of hydrogen-bond donors (Lipinski definition) is 1. The van der Waals surface area contributed by atoms with Gasteiger partial charge in [0.05, 0.1) is 17.7 Å². The fourth-order valence-electron chi connectivity index (χ4n) is 2.72. The number of aliphatic hydroxyl groups is 1. The molecule has 108 valence electrons. The third-order valence-electron chi connectivity index (χ3n) is 3.99. The van der Waals surface area contributed by atoms with Crippen molar-refractivity contribution in [1.29, 1.82) is 5.26 Å². The van der Waals surface area contributed by atoms with E-state index in [0.717, 1.165) is 37.4 Å². The van der Waals surface area contributed by atoms with Crippen LogP contribution in [0.3, 0.4) is 0 Å². The van der Waals surface area contributed by atoms with Crippen LogP contribution in [0.2, 0.25) is 0 Å². The Morgan fingerprint density at radius 3 is 2.30 bits per heavy atom. The van der Waals surface area contributed by atoms with Crippen LogP contribution < -0.4 is 4.90 Å². The van der Waals surface area contributed by atoms with Crippen molar-refractivity contribution in [2.24, 2.45) is 0 Å². The predicted octanol–water partition coefficient (Wildman–Crippen LogP) is 2.14. The molecule has 0 spiro atoms. The van der Waals surface area contributed by atoms with Crippen LogP contribution in [0.5, 0.6) is 0 Å². The molecule has 1 aromatic carbocycles. The Kier molecular flexibility index (Phi) is 4.64. The molecule has 0 aromatic heterocycles. The molecule has 1 saturated heterocycles. The number of aliphatic hydroxyl groups excluding tert-OH is 1. The van der Waals surface area contributed by atoms with Crippen LogP contribution in [0.15, 0.2) is 18.2 Å². The van der Waals surface area contributed by atoms with E-state index in [4.69, 9.17) is 5.26 Å². The van der Waals surface area contributed by atoms with Crippen molar-refractivity contribution in [2.45, 2.75) is 32.9 Å². The first-order valence-corrected chi connectivity index (χ1v) is 7.24. The van der Waals surface area contributed by atoms with Gasteiger partial charge in [-0.15, -0.1) is 0 Å². The molecule has 0 aliphatic carbocycles. The van der Waals surface area contributed by atoms with Crippen LogP contribution in [-0.2, 0) is 0 Å². The lowest BCUT2D eigenvalue weighted by Crippen LogP contribution is -2.49. The maximum Gasteiger partial charge on any atom is 0.0992 e. The molecule has 1 fully saturated rings. The molecular formula is C16H23N3O. The van der Waals surface area contributed by atoms with Gasteiger partial charge in [0, 0.05) is 43.5 Å². The van der Waals surface area contributed by atoms with Crippen molar-refractivity contribution in [2.75, 3.05) is 31.1 Å². The molecule has 1 heterocycles. The van der Waals surface area contributed by atoms with E-state index in [1.807, 2.05) is 12.1 Å². The highest BCUT2D eigenvalue weighted by Gasteiger charge is 2.22. The fourth-order valence-corrected chi connectivity index (χ4v) is 2.72. The Bertz CT molecular complexity index is 497. The molecule has 1 aliphatic heterocycles. The fraction of sp³-hybridized carbons (Fsp3) is 0.562. The first-order valence-electron chi connectivity index (χ1n) is 7.24. The number of anilines is 1. The molecule has 2 rings (SSSR count). The summed E-state index contributed by atoms with van der Waals surface area (Å²) in [5.41, 5.74) is 2.56. The maximum absolute atomic E-state index is 9.92. The number of rotatable bonds is 3. The smallest absolute Gasteiger partial charge is 0.0992 e. The van der Waals surface area contributed by atoms with Gasteiger partial charge in [-0.3, -0.25) is 4.90 Å². The summed E-state index contributed by atoms with van der Waals surface area (Å²) in [5, 5.41) is 19.0. The molecule has 20 heavy (non-hydrogen) atoms. The first-order chi connectivity index (χ1) is 9.52. The van der Waals surface area contributed by atoms with Crippen LogP contribution in [-0.4, -0.2) is 42.2 Å². The number of benzene rings is 1. The van der Waals surface area contributed by atoms with E-state index < -0.39 is 6.10 Å². The number of nitriles is 1. The number of nitrogens with zero attached hydrogens (tertiary/aromatic N) is 3. The van der Waals surface area contributed by atoms with Gasteiger partial charge < -0.3 is 10.0 Å². The zero-order valence-electron chi connectivity index (χ0n) is 12.5. The third kappa shape index (κ3) is 3.12. The van der Waals surface area contributed by atoms with Gasteiger partial charge in [-0.2, -0.15) is 5.26 Å². The van der Waals surface area contributed by atoms with Gasteiger partial charge in [0.1, 0.15) is 0 Å². The molecule has 4 nitrogen and oxygen atoms in total. The van der Waals surface area contributed by atoms with E-state index in [0.29, 0.717) is 11.6 Å². The molecule has 0 unspecified atom stereocenters. The Morgan fingerprint density at radius 1 is 1.15 bits per heavy atom. The summed E-state index contributed by atoms with van der Waals surface area (Å²) >= 11 is 0. The molecule has 0 amide bonds. The molecule has 1 aromatic rings. The van der Waals surface area contributed by atoms with Gasteiger partial charge in [0.15, 0.2) is 0 Å². The van der Waals surface area contributed by atoms with Gasteiger partial charge in [-0.05, 0) is 32.9 Å². The van der Waals surface area contributed by atoms with Gasteiger partial charge in [0.25, 0.3) is 0 Å². The Hall–Kier alpha value is -1.57. The molecule has 1 atom stereocenters. The summed E-state index contributed by atoms with van der Waals surface area (Å²) in [4.78, 5) is 4.73. The van der Waals surface area contributed by atoms with Crippen LogP contribution in [0.4, 0.5) is 5.69 Å². The third-order valence-corrected chi connectivity index (χ3v) is 3.99. The monoisotopic (exact) mass is 273 g/mol. The molecule has 0 saturated carbocycles. The first kappa shape index (κ1) is 14.8. The zero-order chi connectivity index (χ0) is 14.7. The summed E-state index contributed by atoms with van der Waals surface area (Å²) in [5.74, 6) is 0. The largest absolute Gasteiger partial charge is 0.389 e. The number of piperazine rings is 1. The van der Waals surface area contributed by atoms with E-state index in [1.54, 1.807) is 13.0 Å². The van der Waals surface area contributed by atoms with Gasteiger partial charge in [-0.25, -0.2) is 0 Å². The Labute approximate surface area is 121 Å². The van der Waals surface area contributed by atoms with Crippen molar-refractivity contribution in [3.63, 3.8) is 0 Å². The topological polar surface area (TPSA) is 50.5 Å². The maximum atomic E-state index is 9.92. The summed E-state index contributed by atoms with van der Waals surface area (Å²) < 4.78 is 0. The summed E-state index contributed by atoms with van der Waals surface area (Å²) in [6.45, 7) is 10.1. The van der Waals surface area contributed by atoms with E-state index in [1.165, 1.54) is 0 Å². The SMILES string of the molecule is CC(C)N1CCN(c2cc(C#N)ccc2[C@H](C)O)CC1. The van der Waals surface area contributed by atoms with Crippen LogP contribution >= 0.6 is 0 Å². The van der Waals surface area contributed by atoms with Gasteiger partial charge in [0.2, 0.25) is 0 Å². The minimum absolute atomic E-state index is 0.513. The second-order valence-corrected chi connectivity index (χ2v) is 5.68. The molecular weight excluding hydrogens is 250 g/mol. The zero-order valence-corrected chi connectivity index (χ0v) is 12.5. The van der Waals surface area contributed by atoms with Gasteiger partial charge >= 0.3 is 0 Å². The Balaban J connectivity index is 2.22. The van der Waals surface area contributed by atoms with Crippen LogP contribution in [0.25, 0.3) is 0 Å². The lowest BCUT2D eigenvalue weighted by molar-refractivity contribution is 0.196. The van der Waals surface area contributed by atoms with Crippen molar-refractivity contribution in [3.8, 4) is 6.07 Å². The highest BCUT2D eigenvalue weighted by molar-refractivity contribution is 5.58. The van der Waals surface area contributed by atoms with Crippen LogP contribution in [0.1, 0.15) is 38.0 Å². The van der Waals surface area contributed by atoms with Crippen molar-refractivity contribution in [1.82, 2.24) is 4.90 Å². The average molecular weight is 273 g/mol. The van der Waals surface area contributed by atoms with E-state index in [9.17, 15) is 5.11 Å². The minimum Gasteiger partial charge on any atom is -0.389 e. The Morgan fingerprint density at radius 2 is 1.80 bits per heavy atom. The summed E-state index contributed by atoms with van der Waals surface area (Å²) in [6, 6.07) is 8.29. The quantitative estimate of drug-likeness (QED) is 0.916. The summed E-state index contributed by atoms with van der Waals surface area (Å²) in [7, 11) is 0. The minimum atomic E-state index is -0.513. The van der Waals surface area contributed by atoms with Crippen molar-refractivity contribution < 1.29 is 5.11 Å².